The fourth-order valence-corrected chi connectivity index (χ4v) is 2.65. The molecule has 2 nitrogen and oxygen atoms in total. The molecule has 2 aromatic rings. The van der Waals surface area contributed by atoms with Gasteiger partial charge >= 0.3 is 0 Å². The number of rotatable bonds is 8. The molecule has 0 N–H and O–H groups in total. The van der Waals surface area contributed by atoms with E-state index < -0.39 is 0 Å². The number of nitrogens with zero attached hydrogens (tertiary/aromatic N) is 2. The lowest BCUT2D eigenvalue weighted by molar-refractivity contribution is 0.625. The molecule has 0 aliphatic heterocycles. The Balaban J connectivity index is 1.85. The summed E-state index contributed by atoms with van der Waals surface area (Å²) in [7, 11) is 0. The van der Waals surface area contributed by atoms with E-state index in [0.29, 0.717) is 0 Å². The lowest BCUT2D eigenvalue weighted by atomic mass is 10.1. The summed E-state index contributed by atoms with van der Waals surface area (Å²) >= 11 is 0. The van der Waals surface area contributed by atoms with Crippen molar-refractivity contribution in [3.63, 3.8) is 0 Å². The largest absolute Gasteiger partial charge is 0.154 e. The molecule has 0 atom stereocenters. The van der Waals surface area contributed by atoms with Gasteiger partial charge in [0.1, 0.15) is 5.69 Å². The lowest BCUT2D eigenvalue weighted by Gasteiger charge is -2.00. The molecule has 126 valence electrons. The van der Waals surface area contributed by atoms with Crippen LogP contribution in [0.25, 0.3) is 0 Å². The predicted octanol–water partition coefficient (Wildman–Crippen LogP) is 5.34. The van der Waals surface area contributed by atoms with E-state index in [2.05, 4.69) is 66.2 Å². The van der Waals surface area contributed by atoms with Gasteiger partial charge in [-0.05, 0) is 55.0 Å². The molecule has 2 rings (SSSR count). The van der Waals surface area contributed by atoms with Crippen LogP contribution in [0.2, 0.25) is 0 Å². The number of hydrogen-bond donors (Lipinski definition) is 0. The summed E-state index contributed by atoms with van der Waals surface area (Å²) in [5.41, 5.74) is 4.20. The first-order valence-electron chi connectivity index (χ1n) is 9.25. The van der Waals surface area contributed by atoms with E-state index in [1.165, 1.54) is 44.1 Å². The van der Waals surface area contributed by atoms with Crippen LogP contribution in [-0.2, 0) is 12.8 Å². The smallest absolute Gasteiger partial charge is 0.136 e. The predicted molar refractivity (Wildman–Crippen MR) is 101 cm³/mol. The van der Waals surface area contributed by atoms with E-state index in [0.717, 1.165) is 29.8 Å². The maximum Gasteiger partial charge on any atom is 0.136 e. The summed E-state index contributed by atoms with van der Waals surface area (Å²) in [6.45, 7) is 4.44. The Labute approximate surface area is 146 Å². The van der Waals surface area contributed by atoms with E-state index in [9.17, 15) is 0 Å². The zero-order chi connectivity index (χ0) is 17.0. The van der Waals surface area contributed by atoms with Gasteiger partial charge in [-0.25, -0.2) is 0 Å². The highest BCUT2D eigenvalue weighted by Crippen LogP contribution is 2.08. The molecule has 1 aromatic heterocycles. The van der Waals surface area contributed by atoms with Gasteiger partial charge in [0.15, 0.2) is 0 Å². The van der Waals surface area contributed by atoms with Gasteiger partial charge in [-0.3, -0.25) is 0 Å². The molecule has 0 bridgehead atoms. The van der Waals surface area contributed by atoms with Crippen LogP contribution in [0.15, 0.2) is 36.4 Å². The average Bonchev–Trinajstić information content (AvgIpc) is 2.62. The zero-order valence-corrected chi connectivity index (χ0v) is 15.0. The molecule has 0 unspecified atom stereocenters. The van der Waals surface area contributed by atoms with Crippen LogP contribution >= 0.6 is 0 Å². The number of unbranched alkanes of at least 4 members (excludes halogenated alkanes) is 4. The third kappa shape index (κ3) is 6.54. The number of hydrogen-bond acceptors (Lipinski definition) is 2. The average molecular weight is 320 g/mol. The molecule has 1 heterocycles. The minimum atomic E-state index is 0.738. The maximum absolute atomic E-state index is 4.29. The van der Waals surface area contributed by atoms with E-state index in [1.807, 2.05) is 6.07 Å². The standard InChI is InChI=1S/C22H28N2/c1-3-5-6-7-8-10-21-17-18-22(24-23-21)16-15-20-13-11-19(9-4-2)12-14-20/h11-14,17-18H,3-10H2,1-2H3. The topological polar surface area (TPSA) is 25.8 Å². The van der Waals surface area contributed by atoms with E-state index in [4.69, 9.17) is 0 Å². The van der Waals surface area contributed by atoms with Crippen molar-refractivity contribution in [3.05, 3.63) is 58.9 Å². The van der Waals surface area contributed by atoms with Gasteiger partial charge in [0.2, 0.25) is 0 Å². The van der Waals surface area contributed by atoms with Crippen LogP contribution in [0, 0.1) is 11.8 Å². The van der Waals surface area contributed by atoms with Gasteiger partial charge in [0.25, 0.3) is 0 Å². The SMILES string of the molecule is CCCCCCCc1ccc(C#Cc2ccc(CCC)cc2)nn1. The van der Waals surface area contributed by atoms with Crippen molar-refractivity contribution in [2.24, 2.45) is 0 Å². The molecule has 0 aliphatic rings. The molecule has 0 aliphatic carbocycles. The summed E-state index contributed by atoms with van der Waals surface area (Å²) in [6.07, 6.45) is 9.74. The first-order valence-corrected chi connectivity index (χ1v) is 9.25. The van der Waals surface area contributed by atoms with Crippen molar-refractivity contribution in [2.75, 3.05) is 0 Å². The molecule has 0 amide bonds. The van der Waals surface area contributed by atoms with Gasteiger partial charge in [0, 0.05) is 5.56 Å². The fraction of sp³-hybridized carbons (Fsp3) is 0.455. The molecular formula is C22H28N2. The molecule has 0 saturated carbocycles. The molecule has 0 spiro atoms. The Bertz CT molecular complexity index is 645. The van der Waals surface area contributed by atoms with Gasteiger partial charge in [-0.1, -0.05) is 64.0 Å². The second-order valence-corrected chi connectivity index (χ2v) is 6.27. The maximum atomic E-state index is 4.29. The molecule has 1 aromatic carbocycles. The second kappa shape index (κ2) is 10.6. The number of aryl methyl sites for hydroxylation is 2. The highest BCUT2D eigenvalue weighted by molar-refractivity contribution is 5.40. The van der Waals surface area contributed by atoms with Crippen LogP contribution in [-0.4, -0.2) is 10.2 Å². The van der Waals surface area contributed by atoms with Crippen LogP contribution in [0.4, 0.5) is 0 Å². The summed E-state index contributed by atoms with van der Waals surface area (Å²) < 4.78 is 0. The van der Waals surface area contributed by atoms with Crippen LogP contribution < -0.4 is 0 Å². The first kappa shape index (κ1) is 18.2. The monoisotopic (exact) mass is 320 g/mol. The normalized spacial score (nSPS) is 10.2. The Hall–Kier alpha value is -2.14. The number of benzene rings is 1. The molecule has 0 radical (unpaired) electrons. The Morgan fingerprint density at radius 1 is 0.708 bits per heavy atom. The quantitative estimate of drug-likeness (QED) is 0.484. The van der Waals surface area contributed by atoms with Gasteiger partial charge in [0.05, 0.1) is 5.69 Å². The van der Waals surface area contributed by atoms with Crippen molar-refractivity contribution >= 4 is 0 Å². The Kier molecular flexibility index (Phi) is 8.04. The molecule has 2 heteroatoms. The van der Waals surface area contributed by atoms with Crippen molar-refractivity contribution in [3.8, 4) is 11.8 Å². The van der Waals surface area contributed by atoms with Crippen LogP contribution in [0.3, 0.4) is 0 Å². The highest BCUT2D eigenvalue weighted by atomic mass is 15.1. The van der Waals surface area contributed by atoms with Crippen LogP contribution in [0.1, 0.15) is 74.9 Å². The third-order valence-corrected chi connectivity index (χ3v) is 4.08. The van der Waals surface area contributed by atoms with Crippen molar-refractivity contribution in [2.45, 2.75) is 65.2 Å². The molecule has 24 heavy (non-hydrogen) atoms. The Morgan fingerprint density at radius 2 is 1.50 bits per heavy atom. The Morgan fingerprint density at radius 3 is 2.17 bits per heavy atom. The lowest BCUT2D eigenvalue weighted by Crippen LogP contribution is -1.95. The summed E-state index contributed by atoms with van der Waals surface area (Å²) in [4.78, 5) is 0. The van der Waals surface area contributed by atoms with Crippen molar-refractivity contribution in [1.82, 2.24) is 10.2 Å². The van der Waals surface area contributed by atoms with Crippen LogP contribution in [0.5, 0.6) is 0 Å². The fourth-order valence-electron chi connectivity index (χ4n) is 2.65. The first-order chi connectivity index (χ1) is 11.8. The summed E-state index contributed by atoms with van der Waals surface area (Å²) in [5.74, 6) is 6.26. The van der Waals surface area contributed by atoms with Crippen molar-refractivity contribution in [1.29, 1.82) is 0 Å². The third-order valence-electron chi connectivity index (χ3n) is 4.08. The highest BCUT2D eigenvalue weighted by Gasteiger charge is 1.97. The van der Waals surface area contributed by atoms with E-state index >= 15 is 0 Å². The van der Waals surface area contributed by atoms with Gasteiger partial charge in [-0.2, -0.15) is 5.10 Å². The van der Waals surface area contributed by atoms with Gasteiger partial charge in [-0.15, -0.1) is 5.10 Å². The molecule has 0 fully saturated rings. The second-order valence-electron chi connectivity index (χ2n) is 6.27. The van der Waals surface area contributed by atoms with Gasteiger partial charge < -0.3 is 0 Å². The van der Waals surface area contributed by atoms with Crippen molar-refractivity contribution < 1.29 is 0 Å². The molecular weight excluding hydrogens is 292 g/mol. The molecule has 0 saturated heterocycles. The minimum Gasteiger partial charge on any atom is -0.154 e. The van der Waals surface area contributed by atoms with E-state index in [1.54, 1.807) is 0 Å². The van der Waals surface area contributed by atoms with E-state index in [-0.39, 0.29) is 0 Å². The minimum absolute atomic E-state index is 0.738. The summed E-state index contributed by atoms with van der Waals surface area (Å²) in [6, 6.07) is 12.5. The summed E-state index contributed by atoms with van der Waals surface area (Å²) in [5, 5.41) is 8.53. The number of aromatic nitrogens is 2. The zero-order valence-electron chi connectivity index (χ0n) is 15.0.